The van der Waals surface area contributed by atoms with E-state index in [1.165, 1.54) is 11.1 Å². The smallest absolute Gasteiger partial charge is 0.0644 e. The molecule has 2 aromatic rings. The normalized spacial score (nSPS) is 12.6. The minimum absolute atomic E-state index is 0.168. The Labute approximate surface area is 114 Å². The third-order valence-corrected chi connectivity index (χ3v) is 3.23. The van der Waals surface area contributed by atoms with Gasteiger partial charge < -0.3 is 5.32 Å². The van der Waals surface area contributed by atoms with Crippen molar-refractivity contribution in [3.8, 4) is 0 Å². The van der Waals surface area contributed by atoms with Crippen LogP contribution in [0.1, 0.15) is 41.9 Å². The summed E-state index contributed by atoms with van der Waals surface area (Å²) >= 11 is 0. The van der Waals surface area contributed by atoms with E-state index in [0.29, 0.717) is 0 Å². The summed E-state index contributed by atoms with van der Waals surface area (Å²) in [4.78, 5) is 4.40. The lowest BCUT2D eigenvalue weighted by Crippen LogP contribution is -2.23. The molecule has 0 radical (unpaired) electrons. The fraction of sp³-hybridized carbons (Fsp3) is 0.467. The number of hydrogen-bond donors (Lipinski definition) is 1. The highest BCUT2D eigenvalue weighted by molar-refractivity contribution is 5.31. The molecule has 0 saturated heterocycles. The van der Waals surface area contributed by atoms with Crippen molar-refractivity contribution in [2.24, 2.45) is 7.05 Å². The SMILES string of the molecule is CCCNC(c1ccc(C)nc1)c1cn(C)nc1C. The minimum atomic E-state index is 0.168. The Kier molecular flexibility index (Phi) is 4.32. The molecular weight excluding hydrogens is 236 g/mol. The molecule has 102 valence electrons. The van der Waals surface area contributed by atoms with Crippen molar-refractivity contribution in [3.05, 3.63) is 47.0 Å². The Bertz CT molecular complexity index is 528. The zero-order chi connectivity index (χ0) is 13.8. The second-order valence-electron chi connectivity index (χ2n) is 4.96. The third-order valence-electron chi connectivity index (χ3n) is 3.23. The van der Waals surface area contributed by atoms with Crippen LogP contribution < -0.4 is 5.32 Å². The van der Waals surface area contributed by atoms with E-state index >= 15 is 0 Å². The maximum Gasteiger partial charge on any atom is 0.0644 e. The average molecular weight is 258 g/mol. The van der Waals surface area contributed by atoms with Crippen LogP contribution in [0.15, 0.2) is 24.5 Å². The van der Waals surface area contributed by atoms with Gasteiger partial charge >= 0.3 is 0 Å². The van der Waals surface area contributed by atoms with Crippen LogP contribution >= 0.6 is 0 Å². The lowest BCUT2D eigenvalue weighted by molar-refractivity contribution is 0.594. The number of nitrogens with one attached hydrogen (secondary N) is 1. The Hall–Kier alpha value is -1.68. The summed E-state index contributed by atoms with van der Waals surface area (Å²) < 4.78 is 1.87. The van der Waals surface area contributed by atoms with Gasteiger partial charge in [-0.2, -0.15) is 5.10 Å². The van der Waals surface area contributed by atoms with Gasteiger partial charge in [0.15, 0.2) is 0 Å². The van der Waals surface area contributed by atoms with Crippen LogP contribution in [-0.4, -0.2) is 21.3 Å². The van der Waals surface area contributed by atoms with E-state index in [1.807, 2.05) is 24.9 Å². The lowest BCUT2D eigenvalue weighted by Gasteiger charge is -2.18. The first kappa shape index (κ1) is 13.7. The molecule has 0 spiro atoms. The van der Waals surface area contributed by atoms with Crippen molar-refractivity contribution >= 4 is 0 Å². The summed E-state index contributed by atoms with van der Waals surface area (Å²) in [7, 11) is 1.96. The summed E-state index contributed by atoms with van der Waals surface area (Å²) in [6.07, 6.45) is 5.15. The van der Waals surface area contributed by atoms with Gasteiger partial charge in [0.2, 0.25) is 0 Å². The summed E-state index contributed by atoms with van der Waals surface area (Å²) in [5.41, 5.74) is 4.52. The maximum absolute atomic E-state index is 4.44. The second kappa shape index (κ2) is 5.97. The monoisotopic (exact) mass is 258 g/mol. The quantitative estimate of drug-likeness (QED) is 0.896. The summed E-state index contributed by atoms with van der Waals surface area (Å²) in [5.74, 6) is 0. The largest absolute Gasteiger partial charge is 0.306 e. The van der Waals surface area contributed by atoms with Crippen molar-refractivity contribution in [1.82, 2.24) is 20.1 Å². The van der Waals surface area contributed by atoms with Crippen molar-refractivity contribution in [2.75, 3.05) is 6.54 Å². The Morgan fingerprint density at radius 1 is 1.32 bits per heavy atom. The van der Waals surface area contributed by atoms with E-state index in [4.69, 9.17) is 0 Å². The van der Waals surface area contributed by atoms with Crippen molar-refractivity contribution in [1.29, 1.82) is 0 Å². The zero-order valence-corrected chi connectivity index (χ0v) is 12.1. The van der Waals surface area contributed by atoms with Crippen molar-refractivity contribution in [2.45, 2.75) is 33.2 Å². The van der Waals surface area contributed by atoms with Gasteiger partial charge in [-0.1, -0.05) is 13.0 Å². The van der Waals surface area contributed by atoms with E-state index in [0.717, 1.165) is 24.4 Å². The molecule has 4 nitrogen and oxygen atoms in total. The Morgan fingerprint density at radius 3 is 2.63 bits per heavy atom. The van der Waals surface area contributed by atoms with Gasteiger partial charge in [-0.15, -0.1) is 0 Å². The van der Waals surface area contributed by atoms with E-state index in [9.17, 15) is 0 Å². The van der Waals surface area contributed by atoms with Crippen molar-refractivity contribution in [3.63, 3.8) is 0 Å². The van der Waals surface area contributed by atoms with Crippen molar-refractivity contribution < 1.29 is 0 Å². The van der Waals surface area contributed by atoms with Crippen LogP contribution in [-0.2, 0) is 7.05 Å². The zero-order valence-electron chi connectivity index (χ0n) is 12.1. The number of aryl methyl sites for hydroxylation is 3. The molecule has 0 aliphatic rings. The molecule has 2 heterocycles. The van der Waals surface area contributed by atoms with Crippen LogP contribution in [0.2, 0.25) is 0 Å². The number of pyridine rings is 1. The van der Waals surface area contributed by atoms with E-state index in [2.05, 4.69) is 47.6 Å². The highest BCUT2D eigenvalue weighted by atomic mass is 15.3. The molecule has 1 N–H and O–H groups in total. The van der Waals surface area contributed by atoms with Gasteiger partial charge in [0, 0.05) is 30.7 Å². The standard InChI is InChI=1S/C15H22N4/c1-5-8-16-15(13-7-6-11(2)17-9-13)14-10-19(4)18-12(14)3/h6-7,9-10,15-16H,5,8H2,1-4H3. The molecule has 0 aromatic carbocycles. The first-order chi connectivity index (χ1) is 9.11. The number of aromatic nitrogens is 3. The van der Waals surface area contributed by atoms with E-state index < -0.39 is 0 Å². The molecule has 4 heteroatoms. The molecule has 2 aromatic heterocycles. The van der Waals surface area contributed by atoms with Crippen LogP contribution in [0.25, 0.3) is 0 Å². The Morgan fingerprint density at radius 2 is 2.11 bits per heavy atom. The van der Waals surface area contributed by atoms with Crippen LogP contribution in [0.3, 0.4) is 0 Å². The summed E-state index contributed by atoms with van der Waals surface area (Å²) in [6.45, 7) is 7.21. The van der Waals surface area contributed by atoms with Gasteiger partial charge in [-0.25, -0.2) is 0 Å². The number of hydrogen-bond acceptors (Lipinski definition) is 3. The van der Waals surface area contributed by atoms with E-state index in [1.54, 1.807) is 0 Å². The molecular formula is C15H22N4. The van der Waals surface area contributed by atoms with Crippen LogP contribution in [0.4, 0.5) is 0 Å². The highest BCUT2D eigenvalue weighted by Crippen LogP contribution is 2.23. The van der Waals surface area contributed by atoms with Gasteiger partial charge in [0.05, 0.1) is 11.7 Å². The number of nitrogens with zero attached hydrogens (tertiary/aromatic N) is 3. The van der Waals surface area contributed by atoms with Gasteiger partial charge in [0.25, 0.3) is 0 Å². The first-order valence-corrected chi connectivity index (χ1v) is 6.78. The summed E-state index contributed by atoms with van der Waals surface area (Å²) in [6, 6.07) is 4.37. The molecule has 1 unspecified atom stereocenters. The summed E-state index contributed by atoms with van der Waals surface area (Å²) in [5, 5.41) is 8.02. The topological polar surface area (TPSA) is 42.7 Å². The van der Waals surface area contributed by atoms with Crippen LogP contribution in [0.5, 0.6) is 0 Å². The molecule has 0 bridgehead atoms. The van der Waals surface area contributed by atoms with E-state index in [-0.39, 0.29) is 6.04 Å². The predicted octanol–water partition coefficient (Wildman–Crippen LogP) is 2.52. The van der Waals surface area contributed by atoms with Gasteiger partial charge in [0.1, 0.15) is 0 Å². The first-order valence-electron chi connectivity index (χ1n) is 6.78. The van der Waals surface area contributed by atoms with Gasteiger partial charge in [-0.05, 0) is 38.4 Å². The predicted molar refractivity (Wildman–Crippen MR) is 77.1 cm³/mol. The minimum Gasteiger partial charge on any atom is -0.306 e. The highest BCUT2D eigenvalue weighted by Gasteiger charge is 2.18. The Balaban J connectivity index is 2.35. The average Bonchev–Trinajstić information content (AvgIpc) is 2.71. The fourth-order valence-corrected chi connectivity index (χ4v) is 2.25. The molecule has 0 amide bonds. The third kappa shape index (κ3) is 3.20. The second-order valence-corrected chi connectivity index (χ2v) is 4.96. The fourth-order valence-electron chi connectivity index (χ4n) is 2.25. The molecule has 0 aliphatic heterocycles. The lowest BCUT2D eigenvalue weighted by atomic mass is 10.0. The van der Waals surface area contributed by atoms with Gasteiger partial charge in [-0.3, -0.25) is 9.67 Å². The van der Waals surface area contributed by atoms with Crippen LogP contribution in [0, 0.1) is 13.8 Å². The number of rotatable bonds is 5. The molecule has 2 rings (SSSR count). The maximum atomic E-state index is 4.44. The molecule has 19 heavy (non-hydrogen) atoms. The molecule has 1 atom stereocenters. The molecule has 0 fully saturated rings. The molecule has 0 saturated carbocycles. The molecule has 0 aliphatic carbocycles.